The number of nitrogens with zero attached hydrogens (tertiary/aromatic N) is 3. The van der Waals surface area contributed by atoms with Crippen LogP contribution in [-0.2, 0) is 4.74 Å². The molecule has 32 heavy (non-hydrogen) atoms. The van der Waals surface area contributed by atoms with Gasteiger partial charge < -0.3 is 14.4 Å². The van der Waals surface area contributed by atoms with Crippen molar-refractivity contribution in [2.45, 2.75) is 65.3 Å². The van der Waals surface area contributed by atoms with Crippen LogP contribution in [0.5, 0.6) is 5.75 Å². The van der Waals surface area contributed by atoms with Gasteiger partial charge in [0.2, 0.25) is 5.43 Å². The summed E-state index contributed by atoms with van der Waals surface area (Å²) in [6.07, 6.45) is -3.60. The molecule has 2 heterocycles. The molecule has 178 valence electrons. The Bertz CT molecular complexity index is 952. The molecule has 2 amide bonds. The van der Waals surface area contributed by atoms with E-state index in [9.17, 15) is 32.3 Å². The van der Waals surface area contributed by atoms with Gasteiger partial charge in [0.15, 0.2) is 17.7 Å². The lowest BCUT2D eigenvalue weighted by atomic mass is 10.1. The first kappa shape index (κ1) is 25.2. The maximum absolute atomic E-state index is 13.5. The van der Waals surface area contributed by atoms with Crippen molar-refractivity contribution in [2.24, 2.45) is 0 Å². The zero-order chi connectivity index (χ0) is 24.4. The highest BCUT2D eigenvalue weighted by Gasteiger charge is 2.47. The standard InChI is InChI=1S/C20H26F3N3O6/c1-6-7-8-31-16-14-17(29)24(12(2)20(21,22)23)11-26(18(30)32-19(3,4)5)25(14)9-13(10-27)15(16)28/h9-10,12H,6-8,11H2,1-5H3/t12-/m1/s1. The van der Waals surface area contributed by atoms with Crippen molar-refractivity contribution in [1.82, 2.24) is 9.58 Å². The minimum atomic E-state index is -4.80. The number of aromatic nitrogens is 1. The summed E-state index contributed by atoms with van der Waals surface area (Å²) in [7, 11) is 0. The van der Waals surface area contributed by atoms with E-state index < -0.39 is 58.9 Å². The number of carbonyl (C=O) groups excluding carboxylic acids is 3. The third-order valence-electron chi connectivity index (χ3n) is 4.60. The molecule has 0 aliphatic carbocycles. The van der Waals surface area contributed by atoms with Crippen LogP contribution in [0.3, 0.4) is 0 Å². The summed E-state index contributed by atoms with van der Waals surface area (Å²) >= 11 is 0. The Hall–Kier alpha value is -3.05. The van der Waals surface area contributed by atoms with E-state index in [4.69, 9.17) is 9.47 Å². The number of aldehydes is 1. The SMILES string of the molecule is CCCCOc1c2n(cc(C=O)c1=O)N(C(=O)OC(C)(C)C)CN([C@H](C)C(F)(F)F)C2=O. The molecule has 1 aromatic rings. The third-order valence-corrected chi connectivity index (χ3v) is 4.60. The first-order valence-corrected chi connectivity index (χ1v) is 9.99. The first-order valence-electron chi connectivity index (χ1n) is 9.99. The first-order chi connectivity index (χ1) is 14.7. The lowest BCUT2D eigenvalue weighted by molar-refractivity contribution is -0.173. The Morgan fingerprint density at radius 1 is 1.25 bits per heavy atom. The van der Waals surface area contributed by atoms with E-state index in [0.717, 1.165) is 17.8 Å². The molecule has 1 atom stereocenters. The van der Waals surface area contributed by atoms with Crippen molar-refractivity contribution in [2.75, 3.05) is 18.3 Å². The van der Waals surface area contributed by atoms with Crippen LogP contribution in [0.1, 0.15) is 68.3 Å². The number of hydrogen-bond donors (Lipinski definition) is 0. The molecule has 1 aromatic heterocycles. The number of pyridine rings is 1. The zero-order valence-electron chi connectivity index (χ0n) is 18.5. The quantitative estimate of drug-likeness (QED) is 0.477. The summed E-state index contributed by atoms with van der Waals surface area (Å²) in [6.45, 7) is 6.42. The predicted octanol–water partition coefficient (Wildman–Crippen LogP) is 3.08. The minimum absolute atomic E-state index is 0.0183. The van der Waals surface area contributed by atoms with Gasteiger partial charge in [-0.05, 0) is 34.1 Å². The van der Waals surface area contributed by atoms with Crippen molar-refractivity contribution in [3.05, 3.63) is 27.7 Å². The molecule has 0 saturated heterocycles. The van der Waals surface area contributed by atoms with Gasteiger partial charge in [0, 0.05) is 6.20 Å². The average molecular weight is 461 g/mol. The number of unbranched alkanes of at least 4 members (excludes halogenated alkanes) is 1. The summed E-state index contributed by atoms with van der Waals surface area (Å²) in [4.78, 5) is 50.4. The Balaban J connectivity index is 2.74. The summed E-state index contributed by atoms with van der Waals surface area (Å²) in [5, 5.41) is 0.712. The zero-order valence-corrected chi connectivity index (χ0v) is 18.5. The highest BCUT2D eigenvalue weighted by atomic mass is 19.4. The summed E-state index contributed by atoms with van der Waals surface area (Å²) in [5.41, 5.74) is -2.99. The fourth-order valence-corrected chi connectivity index (χ4v) is 2.87. The molecule has 1 aliphatic rings. The third kappa shape index (κ3) is 5.22. The lowest BCUT2D eigenvalue weighted by Crippen LogP contribution is -2.61. The molecule has 0 bridgehead atoms. The van der Waals surface area contributed by atoms with E-state index in [1.807, 2.05) is 6.92 Å². The molecule has 0 radical (unpaired) electrons. The van der Waals surface area contributed by atoms with E-state index in [1.54, 1.807) is 20.8 Å². The van der Waals surface area contributed by atoms with E-state index in [1.165, 1.54) is 0 Å². The van der Waals surface area contributed by atoms with Gasteiger partial charge in [-0.1, -0.05) is 13.3 Å². The topological polar surface area (TPSA) is 98.2 Å². The van der Waals surface area contributed by atoms with Crippen LogP contribution in [0.2, 0.25) is 0 Å². The minimum Gasteiger partial charge on any atom is -0.487 e. The molecule has 0 fully saturated rings. The maximum atomic E-state index is 13.5. The van der Waals surface area contributed by atoms with Gasteiger partial charge in [-0.25, -0.2) is 9.47 Å². The van der Waals surface area contributed by atoms with Gasteiger partial charge in [0.25, 0.3) is 5.91 Å². The molecular weight excluding hydrogens is 435 g/mol. The Morgan fingerprint density at radius 2 is 1.88 bits per heavy atom. The Morgan fingerprint density at radius 3 is 2.38 bits per heavy atom. The van der Waals surface area contributed by atoms with E-state index in [-0.39, 0.29) is 12.9 Å². The van der Waals surface area contributed by atoms with E-state index >= 15 is 0 Å². The summed E-state index contributed by atoms with van der Waals surface area (Å²) in [6, 6.07) is -2.28. The Labute approximate surface area is 182 Å². The normalized spacial score (nSPS) is 15.3. The molecule has 0 unspecified atom stereocenters. The predicted molar refractivity (Wildman–Crippen MR) is 107 cm³/mol. The van der Waals surface area contributed by atoms with Crippen LogP contribution < -0.4 is 15.2 Å². The summed E-state index contributed by atoms with van der Waals surface area (Å²) < 4.78 is 51.9. The molecule has 2 rings (SSSR count). The van der Waals surface area contributed by atoms with E-state index in [2.05, 4.69) is 0 Å². The van der Waals surface area contributed by atoms with Gasteiger partial charge in [0.1, 0.15) is 18.3 Å². The number of carbonyl (C=O) groups is 3. The molecular formula is C20H26F3N3O6. The molecule has 12 heteroatoms. The van der Waals surface area contributed by atoms with Gasteiger partial charge >= 0.3 is 12.3 Å². The lowest BCUT2D eigenvalue weighted by Gasteiger charge is -2.41. The molecule has 0 aromatic carbocycles. The van der Waals surface area contributed by atoms with Gasteiger partial charge in [-0.2, -0.15) is 18.2 Å². The summed E-state index contributed by atoms with van der Waals surface area (Å²) in [5.74, 6) is -1.77. The van der Waals surface area contributed by atoms with Crippen LogP contribution in [0.4, 0.5) is 18.0 Å². The highest BCUT2D eigenvalue weighted by molar-refractivity contribution is 5.99. The fourth-order valence-electron chi connectivity index (χ4n) is 2.87. The van der Waals surface area contributed by atoms with Gasteiger partial charge in [0.05, 0.1) is 12.2 Å². The number of amides is 2. The number of hydrogen-bond acceptors (Lipinski definition) is 6. The van der Waals surface area contributed by atoms with Gasteiger partial charge in [-0.3, -0.25) is 14.4 Å². The fraction of sp³-hybridized carbons (Fsp3) is 0.600. The maximum Gasteiger partial charge on any atom is 0.431 e. The number of alkyl halides is 3. The molecule has 0 N–H and O–H groups in total. The molecule has 1 aliphatic heterocycles. The number of fused-ring (bicyclic) bond motifs is 1. The van der Waals surface area contributed by atoms with Crippen molar-refractivity contribution in [3.63, 3.8) is 0 Å². The monoisotopic (exact) mass is 461 g/mol. The van der Waals surface area contributed by atoms with Crippen molar-refractivity contribution < 1.29 is 37.0 Å². The number of ether oxygens (including phenoxy) is 2. The smallest absolute Gasteiger partial charge is 0.431 e. The van der Waals surface area contributed by atoms with Crippen LogP contribution >= 0.6 is 0 Å². The Kier molecular flexibility index (Phi) is 7.26. The number of halogens is 3. The van der Waals surface area contributed by atoms with Crippen molar-refractivity contribution in [1.29, 1.82) is 0 Å². The van der Waals surface area contributed by atoms with Gasteiger partial charge in [-0.15, -0.1) is 0 Å². The molecule has 9 nitrogen and oxygen atoms in total. The highest BCUT2D eigenvalue weighted by Crippen LogP contribution is 2.30. The largest absolute Gasteiger partial charge is 0.487 e. The van der Waals surface area contributed by atoms with Crippen LogP contribution in [0, 0.1) is 0 Å². The van der Waals surface area contributed by atoms with Crippen LogP contribution in [0.25, 0.3) is 0 Å². The number of rotatable bonds is 6. The van der Waals surface area contributed by atoms with Crippen molar-refractivity contribution >= 4 is 18.3 Å². The molecule has 0 saturated carbocycles. The molecule has 0 spiro atoms. The van der Waals surface area contributed by atoms with Crippen LogP contribution in [0.15, 0.2) is 11.0 Å². The van der Waals surface area contributed by atoms with E-state index in [0.29, 0.717) is 22.8 Å². The van der Waals surface area contributed by atoms with Crippen LogP contribution in [-0.4, -0.2) is 59.0 Å². The second kappa shape index (κ2) is 9.21. The average Bonchev–Trinajstić information content (AvgIpc) is 2.67. The van der Waals surface area contributed by atoms with Crippen molar-refractivity contribution in [3.8, 4) is 5.75 Å². The second-order valence-electron chi connectivity index (χ2n) is 8.27. The second-order valence-corrected chi connectivity index (χ2v) is 8.27.